The van der Waals surface area contributed by atoms with E-state index in [1.54, 1.807) is 17.0 Å². The highest BCUT2D eigenvalue weighted by atomic mass is 16.2. The fourth-order valence-electron chi connectivity index (χ4n) is 2.88. The van der Waals surface area contributed by atoms with Crippen LogP contribution >= 0.6 is 0 Å². The summed E-state index contributed by atoms with van der Waals surface area (Å²) in [7, 11) is 0. The standard InChI is InChI=1S/C16H17N3O3/c1-11(20)18(12-5-3-2-4-6-12)10-8-14(21)19-9-7-13-15(19)16(22)17-13/h2-6,8,10,13,15H,7,9H2,1H3,(H,17,22). The predicted molar refractivity (Wildman–Crippen MR) is 80.8 cm³/mol. The minimum atomic E-state index is -0.348. The Hall–Kier alpha value is -2.63. The summed E-state index contributed by atoms with van der Waals surface area (Å²) in [5, 5.41) is 2.78. The van der Waals surface area contributed by atoms with Crippen molar-refractivity contribution in [1.82, 2.24) is 10.2 Å². The highest BCUT2D eigenvalue weighted by molar-refractivity contribution is 5.99. The van der Waals surface area contributed by atoms with Gasteiger partial charge in [-0.1, -0.05) is 18.2 Å². The first-order chi connectivity index (χ1) is 10.6. The normalized spacial score (nSPS) is 23.0. The first-order valence-electron chi connectivity index (χ1n) is 7.22. The second-order valence-electron chi connectivity index (χ2n) is 5.42. The maximum Gasteiger partial charge on any atom is 0.248 e. The van der Waals surface area contributed by atoms with Crippen LogP contribution in [0.2, 0.25) is 0 Å². The van der Waals surface area contributed by atoms with Crippen LogP contribution in [0.25, 0.3) is 0 Å². The molecule has 1 aromatic carbocycles. The van der Waals surface area contributed by atoms with Gasteiger partial charge in [0.15, 0.2) is 0 Å². The van der Waals surface area contributed by atoms with E-state index in [9.17, 15) is 14.4 Å². The fraction of sp³-hybridized carbons (Fsp3) is 0.312. The molecule has 114 valence electrons. The van der Waals surface area contributed by atoms with Crippen molar-refractivity contribution in [3.05, 3.63) is 42.6 Å². The van der Waals surface area contributed by atoms with Gasteiger partial charge in [0, 0.05) is 31.4 Å². The quantitative estimate of drug-likeness (QED) is 0.658. The van der Waals surface area contributed by atoms with Gasteiger partial charge in [-0.15, -0.1) is 0 Å². The monoisotopic (exact) mass is 299 g/mol. The van der Waals surface area contributed by atoms with E-state index >= 15 is 0 Å². The maximum absolute atomic E-state index is 12.3. The summed E-state index contributed by atoms with van der Waals surface area (Å²) in [6.45, 7) is 2.00. The zero-order valence-electron chi connectivity index (χ0n) is 12.2. The number of anilines is 1. The van der Waals surface area contributed by atoms with Gasteiger partial charge in [0.1, 0.15) is 6.04 Å². The number of nitrogens with zero attached hydrogens (tertiary/aromatic N) is 2. The van der Waals surface area contributed by atoms with Crippen molar-refractivity contribution in [3.8, 4) is 0 Å². The first-order valence-corrected chi connectivity index (χ1v) is 7.22. The third-order valence-corrected chi connectivity index (χ3v) is 4.02. The largest absolute Gasteiger partial charge is 0.349 e. The van der Waals surface area contributed by atoms with E-state index in [2.05, 4.69) is 5.32 Å². The number of rotatable bonds is 3. The van der Waals surface area contributed by atoms with E-state index in [0.29, 0.717) is 12.2 Å². The third-order valence-electron chi connectivity index (χ3n) is 4.02. The van der Waals surface area contributed by atoms with E-state index in [4.69, 9.17) is 0 Å². The Morgan fingerprint density at radius 3 is 2.68 bits per heavy atom. The molecule has 2 saturated heterocycles. The van der Waals surface area contributed by atoms with Gasteiger partial charge in [-0.2, -0.15) is 0 Å². The molecule has 6 heteroatoms. The molecule has 2 unspecified atom stereocenters. The topological polar surface area (TPSA) is 69.7 Å². The van der Waals surface area contributed by atoms with Gasteiger partial charge in [-0.3, -0.25) is 19.3 Å². The smallest absolute Gasteiger partial charge is 0.248 e. The van der Waals surface area contributed by atoms with Crippen LogP contribution in [0, 0.1) is 0 Å². The number of hydrogen-bond acceptors (Lipinski definition) is 3. The molecule has 22 heavy (non-hydrogen) atoms. The predicted octanol–water partition coefficient (Wildman–Crippen LogP) is 0.653. The summed E-state index contributed by atoms with van der Waals surface area (Å²) in [6, 6.07) is 8.83. The number of carbonyl (C=O) groups is 3. The zero-order valence-corrected chi connectivity index (χ0v) is 12.2. The summed E-state index contributed by atoms with van der Waals surface area (Å²) in [6.07, 6.45) is 3.59. The summed E-state index contributed by atoms with van der Waals surface area (Å²) in [5.41, 5.74) is 0.694. The molecule has 2 heterocycles. The number of nitrogens with one attached hydrogen (secondary N) is 1. The molecule has 2 aliphatic heterocycles. The highest BCUT2D eigenvalue weighted by Gasteiger charge is 2.49. The lowest BCUT2D eigenvalue weighted by Gasteiger charge is -2.35. The summed E-state index contributed by atoms with van der Waals surface area (Å²) in [5.74, 6) is -0.531. The molecule has 0 saturated carbocycles. The van der Waals surface area contributed by atoms with E-state index in [1.165, 1.54) is 24.1 Å². The molecule has 3 rings (SSSR count). The van der Waals surface area contributed by atoms with E-state index < -0.39 is 0 Å². The SMILES string of the molecule is CC(=O)N(C=CC(=O)N1CCC2NC(=O)C21)c1ccccc1. The van der Waals surface area contributed by atoms with Crippen LogP contribution in [0.5, 0.6) is 0 Å². The Morgan fingerprint density at radius 2 is 2.05 bits per heavy atom. The lowest BCUT2D eigenvalue weighted by Crippen LogP contribution is -2.64. The second-order valence-corrected chi connectivity index (χ2v) is 5.42. The Labute approximate surface area is 128 Å². The molecule has 2 atom stereocenters. The van der Waals surface area contributed by atoms with E-state index in [1.807, 2.05) is 18.2 Å². The van der Waals surface area contributed by atoms with Crippen molar-refractivity contribution in [1.29, 1.82) is 0 Å². The number of hydrogen-bond donors (Lipinski definition) is 1. The lowest BCUT2D eigenvalue weighted by atomic mass is 10.0. The van der Waals surface area contributed by atoms with Gasteiger partial charge >= 0.3 is 0 Å². The number of amides is 3. The molecule has 0 spiro atoms. The molecule has 6 nitrogen and oxygen atoms in total. The van der Waals surface area contributed by atoms with Crippen LogP contribution in [-0.2, 0) is 14.4 Å². The molecule has 0 aromatic heterocycles. The lowest BCUT2D eigenvalue weighted by molar-refractivity contribution is -0.141. The number of benzene rings is 1. The Bertz CT molecular complexity index is 641. The minimum Gasteiger partial charge on any atom is -0.349 e. The molecular weight excluding hydrogens is 282 g/mol. The number of likely N-dealkylation sites (tertiary alicyclic amines) is 1. The number of para-hydroxylation sites is 1. The van der Waals surface area contributed by atoms with Gasteiger partial charge in [0.05, 0.1) is 6.04 Å². The Kier molecular flexibility index (Phi) is 3.66. The van der Waals surface area contributed by atoms with E-state index in [-0.39, 0.29) is 29.8 Å². The Morgan fingerprint density at radius 1 is 1.32 bits per heavy atom. The van der Waals surface area contributed by atoms with Gasteiger partial charge in [0.2, 0.25) is 17.7 Å². The van der Waals surface area contributed by atoms with Crippen molar-refractivity contribution in [3.63, 3.8) is 0 Å². The molecular formula is C16H17N3O3. The summed E-state index contributed by atoms with van der Waals surface area (Å²) < 4.78 is 0. The van der Waals surface area contributed by atoms with Crippen LogP contribution in [0.4, 0.5) is 5.69 Å². The maximum atomic E-state index is 12.3. The van der Waals surface area contributed by atoms with Crippen LogP contribution in [0.1, 0.15) is 13.3 Å². The van der Waals surface area contributed by atoms with Gasteiger partial charge in [0.25, 0.3) is 0 Å². The van der Waals surface area contributed by atoms with Crippen LogP contribution in [0.15, 0.2) is 42.6 Å². The van der Waals surface area contributed by atoms with Crippen molar-refractivity contribution in [2.75, 3.05) is 11.4 Å². The number of fused-ring (bicyclic) bond motifs is 1. The van der Waals surface area contributed by atoms with Gasteiger partial charge in [-0.25, -0.2) is 0 Å². The first kappa shape index (κ1) is 14.3. The molecule has 3 amide bonds. The molecule has 2 aliphatic rings. The van der Waals surface area contributed by atoms with Crippen molar-refractivity contribution in [2.24, 2.45) is 0 Å². The molecule has 1 aromatic rings. The fourth-order valence-corrected chi connectivity index (χ4v) is 2.88. The molecule has 2 fully saturated rings. The van der Waals surface area contributed by atoms with Gasteiger partial charge in [-0.05, 0) is 18.6 Å². The van der Waals surface area contributed by atoms with Crippen molar-refractivity contribution in [2.45, 2.75) is 25.4 Å². The summed E-state index contributed by atoms with van der Waals surface area (Å²) >= 11 is 0. The van der Waals surface area contributed by atoms with Crippen LogP contribution in [-0.4, -0.2) is 41.2 Å². The molecule has 0 bridgehead atoms. The molecule has 1 N–H and O–H groups in total. The van der Waals surface area contributed by atoms with E-state index in [0.717, 1.165) is 6.42 Å². The Balaban J connectivity index is 1.73. The molecule has 0 aliphatic carbocycles. The highest BCUT2D eigenvalue weighted by Crippen LogP contribution is 2.25. The average molecular weight is 299 g/mol. The second kappa shape index (κ2) is 5.63. The number of β-lactam (4-membered cyclic amide) rings is 1. The zero-order chi connectivity index (χ0) is 15.7. The minimum absolute atomic E-state index is 0.0860. The van der Waals surface area contributed by atoms with Crippen LogP contribution in [0.3, 0.4) is 0 Å². The summed E-state index contributed by atoms with van der Waals surface area (Å²) in [4.78, 5) is 38.5. The molecule has 0 radical (unpaired) electrons. The average Bonchev–Trinajstić information content (AvgIpc) is 2.85. The number of carbonyl (C=O) groups excluding carboxylic acids is 3. The van der Waals surface area contributed by atoms with Crippen molar-refractivity contribution < 1.29 is 14.4 Å². The van der Waals surface area contributed by atoms with Gasteiger partial charge < -0.3 is 10.2 Å². The van der Waals surface area contributed by atoms with Crippen LogP contribution < -0.4 is 10.2 Å². The third kappa shape index (κ3) is 2.47. The van der Waals surface area contributed by atoms with Crippen molar-refractivity contribution >= 4 is 23.4 Å².